The normalized spacial score (nSPS) is 20.6. The van der Waals surface area contributed by atoms with Crippen molar-refractivity contribution in [3.05, 3.63) is 59.7 Å². The van der Waals surface area contributed by atoms with Crippen LogP contribution in [0.25, 0.3) is 0 Å². The van der Waals surface area contributed by atoms with Crippen molar-refractivity contribution in [2.24, 2.45) is 0 Å². The van der Waals surface area contributed by atoms with E-state index in [1.54, 1.807) is 7.11 Å². The lowest BCUT2D eigenvalue weighted by atomic mass is 9.97. The topological polar surface area (TPSA) is 68.5 Å². The zero-order valence-electron chi connectivity index (χ0n) is 13.3. The maximum atomic E-state index is 5.87. The van der Waals surface area contributed by atoms with Gasteiger partial charge in [-0.3, -0.25) is 0 Å². The van der Waals surface area contributed by atoms with Crippen LogP contribution in [0.4, 0.5) is 5.69 Å². The minimum Gasteiger partial charge on any atom is -0.491 e. The maximum Gasteiger partial charge on any atom is 0.119 e. The molecule has 5 heteroatoms. The van der Waals surface area contributed by atoms with Gasteiger partial charge in [-0.2, -0.15) is 0 Å². The van der Waals surface area contributed by atoms with Gasteiger partial charge < -0.3 is 15.2 Å². The number of nitrogen functional groups attached to an aromatic ring is 1. The summed E-state index contributed by atoms with van der Waals surface area (Å²) in [6.07, 6.45) is 0.979. The van der Waals surface area contributed by atoms with Crippen LogP contribution in [0, 0.1) is 0 Å². The predicted molar refractivity (Wildman–Crippen MR) is 91.0 cm³/mol. The van der Waals surface area contributed by atoms with E-state index in [1.807, 2.05) is 30.3 Å². The molecule has 4 N–H and O–H groups in total. The molecule has 1 aliphatic heterocycles. The molecule has 1 fully saturated rings. The Kier molecular flexibility index (Phi) is 5.12. The van der Waals surface area contributed by atoms with Crippen molar-refractivity contribution >= 4 is 5.69 Å². The van der Waals surface area contributed by atoms with Gasteiger partial charge in [0, 0.05) is 24.9 Å². The monoisotopic (exact) mass is 313 g/mol. The Morgan fingerprint density at radius 1 is 1.00 bits per heavy atom. The van der Waals surface area contributed by atoms with Gasteiger partial charge in [0.05, 0.1) is 6.61 Å². The Hall–Kier alpha value is -2.08. The number of ether oxygens (including phenoxy) is 2. The van der Waals surface area contributed by atoms with E-state index in [9.17, 15) is 0 Å². The zero-order chi connectivity index (χ0) is 16.1. The minimum atomic E-state index is 0.265. The number of rotatable bonds is 6. The number of hydrazine groups is 1. The van der Waals surface area contributed by atoms with Gasteiger partial charge in [-0.25, -0.2) is 10.9 Å². The highest BCUT2D eigenvalue weighted by atomic mass is 16.5. The molecule has 2 unspecified atom stereocenters. The Bertz CT molecular complexity index is 630. The SMILES string of the molecule is COCCOc1ccc(C2CC(c3cccc(N)c3)NN2)cc1. The molecule has 0 bridgehead atoms. The number of methoxy groups -OCH3 is 1. The summed E-state index contributed by atoms with van der Waals surface area (Å²) in [5.74, 6) is 0.865. The van der Waals surface area contributed by atoms with Crippen molar-refractivity contribution in [1.29, 1.82) is 0 Å². The first kappa shape index (κ1) is 15.8. The van der Waals surface area contributed by atoms with Crippen LogP contribution >= 0.6 is 0 Å². The number of nitrogens with two attached hydrogens (primary N) is 1. The van der Waals surface area contributed by atoms with Gasteiger partial charge in [0.15, 0.2) is 0 Å². The lowest BCUT2D eigenvalue weighted by Gasteiger charge is -2.12. The standard InChI is InChI=1S/C18H23N3O2/c1-22-9-10-23-16-7-5-13(6-8-16)17-12-18(21-20-17)14-3-2-4-15(19)11-14/h2-8,11,17-18,20-21H,9-10,12,19H2,1H3. The fourth-order valence-electron chi connectivity index (χ4n) is 2.81. The van der Waals surface area contributed by atoms with Crippen molar-refractivity contribution in [1.82, 2.24) is 10.9 Å². The largest absolute Gasteiger partial charge is 0.491 e. The number of hydrogen-bond donors (Lipinski definition) is 3. The smallest absolute Gasteiger partial charge is 0.119 e. The fourth-order valence-corrected chi connectivity index (χ4v) is 2.81. The summed E-state index contributed by atoms with van der Waals surface area (Å²) < 4.78 is 10.6. The lowest BCUT2D eigenvalue weighted by Crippen LogP contribution is -2.26. The molecule has 0 spiro atoms. The highest BCUT2D eigenvalue weighted by molar-refractivity contribution is 5.42. The third-order valence-electron chi connectivity index (χ3n) is 4.05. The number of nitrogens with one attached hydrogen (secondary N) is 2. The van der Waals surface area contributed by atoms with E-state index in [-0.39, 0.29) is 12.1 Å². The molecule has 0 saturated carbocycles. The summed E-state index contributed by atoms with van der Waals surface area (Å²) >= 11 is 0. The van der Waals surface area contributed by atoms with E-state index < -0.39 is 0 Å². The quantitative estimate of drug-likeness (QED) is 0.565. The molecule has 1 aliphatic rings. The predicted octanol–water partition coefficient (Wildman–Crippen LogP) is 2.57. The Morgan fingerprint density at radius 3 is 2.43 bits per heavy atom. The number of hydrogen-bond acceptors (Lipinski definition) is 5. The fraction of sp³-hybridized carbons (Fsp3) is 0.333. The van der Waals surface area contributed by atoms with Crippen LogP contribution in [0.1, 0.15) is 29.6 Å². The molecule has 3 rings (SSSR count). The van der Waals surface area contributed by atoms with Gasteiger partial charge in [-0.15, -0.1) is 0 Å². The van der Waals surface area contributed by atoms with E-state index in [0.717, 1.165) is 17.9 Å². The highest BCUT2D eigenvalue weighted by Gasteiger charge is 2.26. The first-order valence-corrected chi connectivity index (χ1v) is 7.84. The first-order valence-electron chi connectivity index (χ1n) is 7.84. The van der Waals surface area contributed by atoms with E-state index in [0.29, 0.717) is 13.2 Å². The molecule has 0 aliphatic carbocycles. The summed E-state index contributed by atoms with van der Waals surface area (Å²) in [6, 6.07) is 16.8. The van der Waals surface area contributed by atoms with Crippen LogP contribution in [-0.4, -0.2) is 20.3 Å². The van der Waals surface area contributed by atoms with Gasteiger partial charge in [0.2, 0.25) is 0 Å². The first-order chi connectivity index (χ1) is 11.3. The summed E-state index contributed by atoms with van der Waals surface area (Å²) in [5.41, 5.74) is 15.8. The van der Waals surface area contributed by atoms with Crippen LogP contribution in [0.5, 0.6) is 5.75 Å². The molecule has 122 valence electrons. The Morgan fingerprint density at radius 2 is 1.74 bits per heavy atom. The second kappa shape index (κ2) is 7.46. The maximum absolute atomic E-state index is 5.87. The molecule has 5 nitrogen and oxygen atoms in total. The molecule has 2 aromatic carbocycles. The molecular weight excluding hydrogens is 290 g/mol. The van der Waals surface area contributed by atoms with Gasteiger partial charge in [0.1, 0.15) is 12.4 Å². The Labute approximate surface area is 136 Å². The van der Waals surface area contributed by atoms with Crippen LogP contribution < -0.4 is 21.3 Å². The van der Waals surface area contributed by atoms with E-state index in [4.69, 9.17) is 15.2 Å². The summed E-state index contributed by atoms with van der Waals surface area (Å²) in [4.78, 5) is 0. The molecular formula is C18H23N3O2. The number of anilines is 1. The van der Waals surface area contributed by atoms with E-state index in [2.05, 4.69) is 29.1 Å². The number of benzene rings is 2. The molecule has 23 heavy (non-hydrogen) atoms. The third-order valence-corrected chi connectivity index (χ3v) is 4.05. The average Bonchev–Trinajstić information content (AvgIpc) is 3.06. The average molecular weight is 313 g/mol. The second-order valence-corrected chi connectivity index (χ2v) is 5.71. The molecule has 2 atom stereocenters. The minimum absolute atomic E-state index is 0.265. The van der Waals surface area contributed by atoms with Crippen LogP contribution in [0.15, 0.2) is 48.5 Å². The van der Waals surface area contributed by atoms with Crippen molar-refractivity contribution in [2.75, 3.05) is 26.1 Å². The second-order valence-electron chi connectivity index (χ2n) is 5.71. The Balaban J connectivity index is 1.60. The van der Waals surface area contributed by atoms with Crippen LogP contribution in [-0.2, 0) is 4.74 Å². The van der Waals surface area contributed by atoms with Gasteiger partial charge in [0.25, 0.3) is 0 Å². The summed E-state index contributed by atoms with van der Waals surface area (Å²) in [6.45, 7) is 1.16. The van der Waals surface area contributed by atoms with Crippen molar-refractivity contribution < 1.29 is 9.47 Å². The lowest BCUT2D eigenvalue weighted by molar-refractivity contribution is 0.146. The highest BCUT2D eigenvalue weighted by Crippen LogP contribution is 2.31. The molecule has 0 aromatic heterocycles. The van der Waals surface area contributed by atoms with Gasteiger partial charge >= 0.3 is 0 Å². The summed E-state index contributed by atoms with van der Waals surface area (Å²) in [5, 5.41) is 0. The molecule has 0 amide bonds. The third kappa shape index (κ3) is 4.01. The van der Waals surface area contributed by atoms with Crippen LogP contribution in [0.3, 0.4) is 0 Å². The van der Waals surface area contributed by atoms with Crippen molar-refractivity contribution in [3.8, 4) is 5.75 Å². The zero-order valence-corrected chi connectivity index (χ0v) is 13.3. The van der Waals surface area contributed by atoms with Crippen LogP contribution in [0.2, 0.25) is 0 Å². The van der Waals surface area contributed by atoms with E-state index >= 15 is 0 Å². The molecule has 1 heterocycles. The van der Waals surface area contributed by atoms with Crippen molar-refractivity contribution in [2.45, 2.75) is 18.5 Å². The van der Waals surface area contributed by atoms with Gasteiger partial charge in [-0.05, 0) is 41.8 Å². The molecule has 1 saturated heterocycles. The van der Waals surface area contributed by atoms with E-state index in [1.165, 1.54) is 11.1 Å². The molecule has 0 radical (unpaired) electrons. The van der Waals surface area contributed by atoms with Crippen molar-refractivity contribution in [3.63, 3.8) is 0 Å². The summed E-state index contributed by atoms with van der Waals surface area (Å²) in [7, 11) is 1.67. The molecule has 2 aromatic rings. The van der Waals surface area contributed by atoms with Gasteiger partial charge in [-0.1, -0.05) is 24.3 Å².